The van der Waals surface area contributed by atoms with Gasteiger partial charge in [0, 0.05) is 75.1 Å². The van der Waals surface area contributed by atoms with Gasteiger partial charge in [0.2, 0.25) is 29.5 Å². The molecule has 72 heavy (non-hydrogen) atoms. The van der Waals surface area contributed by atoms with Gasteiger partial charge in [0.15, 0.2) is 0 Å². The fourth-order valence-electron chi connectivity index (χ4n) is 5.47. The van der Waals surface area contributed by atoms with Crippen LogP contribution in [0.25, 0.3) is 0 Å². The van der Waals surface area contributed by atoms with Gasteiger partial charge in [-0.15, -0.1) is 0 Å². The Morgan fingerprint density at radius 2 is 0.681 bits per heavy atom. The van der Waals surface area contributed by atoms with Crippen molar-refractivity contribution in [2.45, 2.75) is 175 Å². The van der Waals surface area contributed by atoms with Crippen LogP contribution in [0.15, 0.2) is 0 Å². The van der Waals surface area contributed by atoms with E-state index in [1.54, 1.807) is 90.0 Å². The van der Waals surface area contributed by atoms with E-state index in [1.807, 2.05) is 0 Å². The molecule has 0 aliphatic heterocycles. The van der Waals surface area contributed by atoms with Crippen LogP contribution in [0.2, 0.25) is 0 Å². The first-order valence-electron chi connectivity index (χ1n) is 24.2. The summed E-state index contributed by atoms with van der Waals surface area (Å²) in [7, 11) is 5.94. The number of carbonyl (C=O) groups excluding carboxylic acids is 9. The van der Waals surface area contributed by atoms with Crippen LogP contribution in [0, 0.1) is 0 Å². The van der Waals surface area contributed by atoms with E-state index in [-0.39, 0.29) is 57.0 Å². The van der Waals surface area contributed by atoms with Crippen LogP contribution >= 0.6 is 43.2 Å². The number of rotatable bonds is 32. The van der Waals surface area contributed by atoms with Crippen LogP contribution in [0.3, 0.4) is 0 Å². The minimum absolute atomic E-state index is 0.00886. The van der Waals surface area contributed by atoms with Crippen molar-refractivity contribution in [3.8, 4) is 0 Å². The molecule has 0 aliphatic rings. The number of ether oxygens (including phenoxy) is 4. The van der Waals surface area contributed by atoms with Gasteiger partial charge >= 0.3 is 24.4 Å². The summed E-state index contributed by atoms with van der Waals surface area (Å²) in [5.74, 6) is 0.366. The molecule has 0 fully saturated rings. The Morgan fingerprint density at radius 1 is 0.375 bits per heavy atom. The fourth-order valence-corrected chi connectivity index (χ4v) is 9.10. The van der Waals surface area contributed by atoms with Crippen molar-refractivity contribution in [3.05, 3.63) is 0 Å². The third kappa shape index (κ3) is 40.3. The summed E-state index contributed by atoms with van der Waals surface area (Å²) in [5, 5.41) is 24.5. The maximum absolute atomic E-state index is 13.0. The minimum atomic E-state index is -0.903. The lowest BCUT2D eigenvalue weighted by molar-refractivity contribution is -0.129. The summed E-state index contributed by atoms with van der Waals surface area (Å²) < 4.78 is 21.1. The molecule has 0 bridgehead atoms. The van der Waals surface area contributed by atoms with Crippen molar-refractivity contribution in [2.75, 3.05) is 62.3 Å². The van der Waals surface area contributed by atoms with Gasteiger partial charge in [-0.2, -0.15) is 0 Å². The summed E-state index contributed by atoms with van der Waals surface area (Å²) in [6.45, 7) is 24.2. The first-order valence-corrected chi connectivity index (χ1v) is 29.2. The standard InChI is InChI=1S/C46H85N9O13S4/c1-14-34(56)53-33(38(60)50-26-30-72-71-29-25-49-37(59)32(55-42(64)68-46(11,12)13)18-16-22-52-40(62)66-44(5,6)7)19-20-35(57)47-23-27-69-70-28-24-48-36(58)31(54-41(63)67-45(8,9)10)17-15-21-51-39(61)65-43(2,3)4/h31-33H,14-30H2,1-13H3,(H,47,57)(H,48,58)(H,49,59)(H,50,60)(H,51,61)(H,52,62)(H,53,56)(H,54,63)(H,55,64). The van der Waals surface area contributed by atoms with Crippen LogP contribution in [-0.2, 0) is 42.9 Å². The Hall–Kier alpha value is -4.17. The summed E-state index contributed by atoms with van der Waals surface area (Å²) >= 11 is 0. The molecule has 26 heteroatoms. The molecule has 0 heterocycles. The van der Waals surface area contributed by atoms with Gasteiger partial charge in [-0.3, -0.25) is 24.0 Å². The van der Waals surface area contributed by atoms with Gasteiger partial charge in [-0.1, -0.05) is 50.1 Å². The summed E-state index contributed by atoms with van der Waals surface area (Å²) in [5.41, 5.74) is -2.82. The Kier molecular flexibility index (Phi) is 33.8. The topological polar surface area (TPSA) is 299 Å². The number of nitrogens with one attached hydrogen (secondary N) is 9. The van der Waals surface area contributed by atoms with E-state index in [1.165, 1.54) is 43.2 Å². The molecule has 3 unspecified atom stereocenters. The molecule has 0 aromatic heterocycles. The Labute approximate surface area is 442 Å². The molecule has 0 aromatic carbocycles. The van der Waals surface area contributed by atoms with Crippen molar-refractivity contribution in [1.82, 2.24) is 47.9 Å². The van der Waals surface area contributed by atoms with Crippen LogP contribution in [0.5, 0.6) is 0 Å². The van der Waals surface area contributed by atoms with E-state index < -0.39 is 82.6 Å². The van der Waals surface area contributed by atoms with Crippen LogP contribution < -0.4 is 47.9 Å². The quantitative estimate of drug-likeness (QED) is 0.0235. The number of amides is 9. The molecule has 9 amide bonds. The Bertz CT molecular complexity index is 1710. The normalized spacial score (nSPS) is 12.9. The molecular weight excluding hydrogens is 1010 g/mol. The van der Waals surface area contributed by atoms with Crippen molar-refractivity contribution in [1.29, 1.82) is 0 Å². The first kappa shape index (κ1) is 67.8. The van der Waals surface area contributed by atoms with Crippen LogP contribution in [0.1, 0.15) is 135 Å². The average molecular weight is 1100 g/mol. The molecule has 0 saturated heterocycles. The van der Waals surface area contributed by atoms with Crippen molar-refractivity contribution >= 4 is 97.1 Å². The van der Waals surface area contributed by atoms with Crippen LogP contribution in [-0.4, -0.2) is 157 Å². The largest absolute Gasteiger partial charge is 0.444 e. The maximum Gasteiger partial charge on any atom is 0.408 e. The molecule has 0 saturated carbocycles. The van der Waals surface area contributed by atoms with Crippen molar-refractivity contribution in [3.63, 3.8) is 0 Å². The number of carbonyl (C=O) groups is 9. The molecule has 0 aromatic rings. The monoisotopic (exact) mass is 1100 g/mol. The zero-order chi connectivity index (χ0) is 55.0. The molecule has 0 aliphatic carbocycles. The minimum Gasteiger partial charge on any atom is -0.444 e. The molecule has 9 N–H and O–H groups in total. The predicted octanol–water partition coefficient (Wildman–Crippen LogP) is 5.29. The molecule has 0 rings (SSSR count). The lowest BCUT2D eigenvalue weighted by atomic mass is 10.1. The second kappa shape index (κ2) is 35.9. The second-order valence-corrected chi connectivity index (χ2v) is 25.5. The Morgan fingerprint density at radius 3 is 1.00 bits per heavy atom. The highest BCUT2D eigenvalue weighted by molar-refractivity contribution is 8.77. The smallest absolute Gasteiger partial charge is 0.408 e. The van der Waals surface area contributed by atoms with Gasteiger partial charge < -0.3 is 66.8 Å². The molecule has 3 atom stereocenters. The van der Waals surface area contributed by atoms with Crippen LogP contribution in [0.4, 0.5) is 19.2 Å². The molecule has 22 nitrogen and oxygen atoms in total. The highest BCUT2D eigenvalue weighted by atomic mass is 33.1. The fraction of sp³-hybridized carbons (Fsp3) is 0.804. The lowest BCUT2D eigenvalue weighted by Gasteiger charge is -2.23. The van der Waals surface area contributed by atoms with Gasteiger partial charge in [-0.05, 0) is 115 Å². The van der Waals surface area contributed by atoms with Gasteiger partial charge in [-0.25, -0.2) is 19.2 Å². The number of hydrogen-bond acceptors (Lipinski definition) is 17. The molecule has 0 spiro atoms. The van der Waals surface area contributed by atoms with Gasteiger partial charge in [0.25, 0.3) is 0 Å². The average Bonchev–Trinajstić information content (AvgIpc) is 3.23. The summed E-state index contributed by atoms with van der Waals surface area (Å²) in [4.78, 5) is 113. The summed E-state index contributed by atoms with van der Waals surface area (Å²) in [6.07, 6.45) is -1.09. The summed E-state index contributed by atoms with van der Waals surface area (Å²) in [6, 6.07) is -2.69. The maximum atomic E-state index is 13.0. The third-order valence-corrected chi connectivity index (χ3v) is 13.3. The van der Waals surface area contributed by atoms with Gasteiger partial charge in [0.05, 0.1) is 0 Å². The number of alkyl carbamates (subject to hydrolysis) is 4. The highest BCUT2D eigenvalue weighted by Crippen LogP contribution is 2.20. The zero-order valence-electron chi connectivity index (χ0n) is 44.7. The van der Waals surface area contributed by atoms with Gasteiger partial charge in [0.1, 0.15) is 40.5 Å². The van der Waals surface area contributed by atoms with Crippen molar-refractivity contribution < 1.29 is 62.1 Å². The van der Waals surface area contributed by atoms with E-state index in [0.717, 1.165) is 0 Å². The van der Waals surface area contributed by atoms with E-state index in [2.05, 4.69) is 47.9 Å². The van der Waals surface area contributed by atoms with E-state index in [9.17, 15) is 43.2 Å². The van der Waals surface area contributed by atoms with E-state index in [0.29, 0.717) is 62.0 Å². The lowest BCUT2D eigenvalue weighted by Crippen LogP contribution is -2.48. The predicted molar refractivity (Wildman–Crippen MR) is 287 cm³/mol. The van der Waals surface area contributed by atoms with E-state index in [4.69, 9.17) is 18.9 Å². The molecular formula is C46H85N9O13S4. The number of hydrogen-bond donors (Lipinski definition) is 9. The highest BCUT2D eigenvalue weighted by Gasteiger charge is 2.27. The van der Waals surface area contributed by atoms with E-state index >= 15 is 0 Å². The SMILES string of the molecule is CCC(=O)NC(CCC(=O)NCCSSCCNC(=O)C(CCCNC(=O)OC(C)(C)C)NC(=O)OC(C)(C)C)C(=O)NCCSSCCNC(=O)C(CCCNC(=O)OC(C)(C)C)NC(=O)OC(C)(C)C. The third-order valence-electron chi connectivity index (χ3n) is 8.45. The second-order valence-electron chi connectivity index (χ2n) is 20.1. The van der Waals surface area contributed by atoms with Crippen molar-refractivity contribution in [2.24, 2.45) is 0 Å². The molecule has 0 radical (unpaired) electrons. The zero-order valence-corrected chi connectivity index (χ0v) is 48.0. The first-order chi connectivity index (χ1) is 33.4. The molecule has 416 valence electrons. The Balaban J connectivity index is 4.70.